The van der Waals surface area contributed by atoms with E-state index < -0.39 is 16.0 Å². The zero-order valence-electron chi connectivity index (χ0n) is 19.8. The first-order valence-corrected chi connectivity index (χ1v) is 12.7. The maximum atomic E-state index is 12.6. The van der Waals surface area contributed by atoms with Gasteiger partial charge in [-0.3, -0.25) is 4.79 Å². The molecule has 9 nitrogen and oxygen atoms in total. The topological polar surface area (TPSA) is 123 Å². The van der Waals surface area contributed by atoms with Crippen molar-refractivity contribution in [3.63, 3.8) is 0 Å². The van der Waals surface area contributed by atoms with Gasteiger partial charge in [-0.1, -0.05) is 71.6 Å². The van der Waals surface area contributed by atoms with E-state index in [0.717, 1.165) is 24.8 Å². The fourth-order valence-electron chi connectivity index (χ4n) is 2.92. The maximum absolute atomic E-state index is 12.6. The van der Waals surface area contributed by atoms with E-state index in [1.54, 1.807) is 0 Å². The Morgan fingerprint density at radius 1 is 0.886 bits per heavy atom. The summed E-state index contributed by atoms with van der Waals surface area (Å²) in [5.74, 6) is -0.128. The van der Waals surface area contributed by atoms with Crippen LogP contribution in [0.2, 0.25) is 0 Å². The first-order chi connectivity index (χ1) is 16.7. The second kappa shape index (κ2) is 18.3. The van der Waals surface area contributed by atoms with E-state index >= 15 is 0 Å². The smallest absolute Gasteiger partial charge is 0.410 e. The monoisotopic (exact) mass is 552 g/mol. The van der Waals surface area contributed by atoms with E-state index in [2.05, 4.69) is 10.6 Å². The van der Waals surface area contributed by atoms with Gasteiger partial charge in [-0.15, -0.1) is 0 Å². The van der Waals surface area contributed by atoms with Crippen molar-refractivity contribution in [1.29, 1.82) is 0 Å². The lowest BCUT2D eigenvalue weighted by Crippen LogP contribution is -2.37. The molecule has 0 aromatic heterocycles. The van der Waals surface area contributed by atoms with Crippen LogP contribution in [-0.2, 0) is 20.9 Å². The van der Waals surface area contributed by atoms with Gasteiger partial charge in [0, 0.05) is 32.6 Å². The van der Waals surface area contributed by atoms with Gasteiger partial charge >= 0.3 is 12.2 Å². The Bertz CT molecular complexity index is 750. The molecular formula is C23H35Cl3N4O5. The molecule has 0 atom stereocenters. The summed E-state index contributed by atoms with van der Waals surface area (Å²) in [6.07, 6.45) is 2.86. The van der Waals surface area contributed by atoms with Gasteiger partial charge in [0.2, 0.25) is 9.70 Å². The Labute approximate surface area is 221 Å². The fourth-order valence-corrected chi connectivity index (χ4v) is 3.08. The number of rotatable bonds is 16. The number of halogens is 3. The van der Waals surface area contributed by atoms with E-state index in [-0.39, 0.29) is 32.1 Å². The van der Waals surface area contributed by atoms with Crippen LogP contribution in [0, 0.1) is 0 Å². The Kier molecular flexibility index (Phi) is 16.3. The minimum Gasteiger partial charge on any atom is -0.445 e. The number of amides is 3. The van der Waals surface area contributed by atoms with Crippen molar-refractivity contribution < 1.29 is 23.9 Å². The lowest BCUT2D eigenvalue weighted by molar-refractivity contribution is -0.121. The first-order valence-electron chi connectivity index (χ1n) is 11.6. The highest BCUT2D eigenvalue weighted by Crippen LogP contribution is 2.25. The van der Waals surface area contributed by atoms with E-state index in [9.17, 15) is 14.4 Å². The molecule has 0 aliphatic heterocycles. The van der Waals surface area contributed by atoms with Crippen molar-refractivity contribution in [3.05, 3.63) is 35.9 Å². The highest BCUT2D eigenvalue weighted by molar-refractivity contribution is 6.67. The lowest BCUT2D eigenvalue weighted by atomic mass is 10.2. The van der Waals surface area contributed by atoms with Crippen molar-refractivity contribution in [2.45, 2.75) is 48.9 Å². The highest BCUT2D eigenvalue weighted by atomic mass is 35.6. The molecule has 0 aliphatic rings. The van der Waals surface area contributed by atoms with Crippen molar-refractivity contribution in [2.75, 3.05) is 39.3 Å². The number of benzene rings is 1. The SMILES string of the molecule is NCCCCCNC(=O)CCN(CCCCNC(=O)OCC(Cl)(Cl)Cl)C(=O)OCc1ccccc1. The van der Waals surface area contributed by atoms with E-state index in [1.165, 1.54) is 4.90 Å². The van der Waals surface area contributed by atoms with Gasteiger partial charge in [-0.05, 0) is 37.8 Å². The molecule has 35 heavy (non-hydrogen) atoms. The molecule has 0 fully saturated rings. The summed E-state index contributed by atoms with van der Waals surface area (Å²) in [5, 5.41) is 5.41. The molecule has 0 radical (unpaired) electrons. The summed E-state index contributed by atoms with van der Waals surface area (Å²) in [4.78, 5) is 37.9. The van der Waals surface area contributed by atoms with Crippen LogP contribution in [0.3, 0.4) is 0 Å². The van der Waals surface area contributed by atoms with Gasteiger partial charge in [0.05, 0.1) is 0 Å². The van der Waals surface area contributed by atoms with Gasteiger partial charge < -0.3 is 30.7 Å². The number of nitrogens with one attached hydrogen (secondary N) is 2. The van der Waals surface area contributed by atoms with Gasteiger partial charge in [0.15, 0.2) is 0 Å². The average Bonchev–Trinajstić information content (AvgIpc) is 2.83. The second-order valence-electron chi connectivity index (χ2n) is 7.80. The maximum Gasteiger partial charge on any atom is 0.410 e. The van der Waals surface area contributed by atoms with Crippen LogP contribution in [0.1, 0.15) is 44.1 Å². The number of alkyl carbamates (subject to hydrolysis) is 1. The molecule has 4 N–H and O–H groups in total. The molecular weight excluding hydrogens is 519 g/mol. The number of nitrogens with zero attached hydrogens (tertiary/aromatic N) is 1. The van der Waals surface area contributed by atoms with E-state index in [1.807, 2.05) is 30.3 Å². The van der Waals surface area contributed by atoms with Crippen LogP contribution in [-0.4, -0.2) is 66.1 Å². The molecule has 0 heterocycles. The summed E-state index contributed by atoms with van der Waals surface area (Å²) in [5.41, 5.74) is 6.34. The number of carbonyl (C=O) groups excluding carboxylic acids is 3. The van der Waals surface area contributed by atoms with Gasteiger partial charge in [0.25, 0.3) is 0 Å². The number of alkyl halides is 3. The van der Waals surface area contributed by atoms with Crippen LogP contribution in [0.5, 0.6) is 0 Å². The summed E-state index contributed by atoms with van der Waals surface area (Å²) in [6.45, 7) is 1.90. The van der Waals surface area contributed by atoms with Crippen molar-refractivity contribution in [2.24, 2.45) is 5.73 Å². The van der Waals surface area contributed by atoms with Crippen LogP contribution in [0.25, 0.3) is 0 Å². The van der Waals surface area contributed by atoms with E-state index in [4.69, 9.17) is 50.0 Å². The predicted molar refractivity (Wildman–Crippen MR) is 138 cm³/mol. The summed E-state index contributed by atoms with van der Waals surface area (Å²) in [7, 11) is 0. The van der Waals surface area contributed by atoms with E-state index in [0.29, 0.717) is 39.0 Å². The Hall–Kier alpha value is -1.94. The summed E-state index contributed by atoms with van der Waals surface area (Å²) >= 11 is 16.6. The first kappa shape index (κ1) is 31.1. The zero-order valence-corrected chi connectivity index (χ0v) is 22.0. The fraction of sp³-hybridized carbons (Fsp3) is 0.609. The van der Waals surface area contributed by atoms with Crippen LogP contribution < -0.4 is 16.4 Å². The van der Waals surface area contributed by atoms with Gasteiger partial charge in [0.1, 0.15) is 13.2 Å². The lowest BCUT2D eigenvalue weighted by Gasteiger charge is -2.22. The molecule has 1 rings (SSSR count). The largest absolute Gasteiger partial charge is 0.445 e. The Morgan fingerprint density at radius 3 is 2.26 bits per heavy atom. The van der Waals surface area contributed by atoms with Gasteiger partial charge in [-0.25, -0.2) is 9.59 Å². The van der Waals surface area contributed by atoms with Crippen molar-refractivity contribution in [1.82, 2.24) is 15.5 Å². The third kappa shape index (κ3) is 17.2. The number of hydrogen-bond donors (Lipinski definition) is 3. The summed E-state index contributed by atoms with van der Waals surface area (Å²) < 4.78 is 8.54. The molecule has 3 amide bonds. The molecule has 1 aromatic carbocycles. The van der Waals surface area contributed by atoms with Crippen molar-refractivity contribution in [3.8, 4) is 0 Å². The molecule has 198 valence electrons. The number of hydrogen-bond acceptors (Lipinski definition) is 6. The molecule has 0 spiro atoms. The Balaban J connectivity index is 2.43. The van der Waals surface area contributed by atoms with Crippen LogP contribution in [0.4, 0.5) is 9.59 Å². The molecule has 12 heteroatoms. The highest BCUT2D eigenvalue weighted by Gasteiger charge is 2.22. The zero-order chi connectivity index (χ0) is 25.9. The molecule has 1 aromatic rings. The predicted octanol–water partition coefficient (Wildman–Crippen LogP) is 4.14. The second-order valence-corrected chi connectivity index (χ2v) is 10.3. The van der Waals surface area contributed by atoms with Crippen molar-refractivity contribution >= 4 is 52.9 Å². The quantitative estimate of drug-likeness (QED) is 0.209. The summed E-state index contributed by atoms with van der Waals surface area (Å²) in [6, 6.07) is 9.34. The molecule has 0 saturated heterocycles. The average molecular weight is 554 g/mol. The number of nitrogens with two attached hydrogens (primary N) is 1. The third-order valence-corrected chi connectivity index (χ3v) is 5.09. The van der Waals surface area contributed by atoms with Crippen LogP contribution in [0.15, 0.2) is 30.3 Å². The minimum absolute atomic E-state index is 0.128. The normalized spacial score (nSPS) is 11.0. The van der Waals surface area contributed by atoms with Gasteiger partial charge in [-0.2, -0.15) is 0 Å². The third-order valence-electron chi connectivity index (χ3n) is 4.77. The molecule has 0 unspecified atom stereocenters. The Morgan fingerprint density at radius 2 is 1.57 bits per heavy atom. The minimum atomic E-state index is -1.67. The van der Waals surface area contributed by atoms with Crippen LogP contribution >= 0.6 is 34.8 Å². The number of unbranched alkanes of at least 4 members (excludes halogenated alkanes) is 3. The standard InChI is InChI=1S/C23H35Cl3N4O5/c24-23(25,26)18-35-21(32)29-14-7-8-15-30(16-11-20(31)28-13-6-2-5-12-27)22(33)34-17-19-9-3-1-4-10-19/h1,3-4,9-10H,2,5-8,11-18,27H2,(H,28,31)(H,29,32). The molecule has 0 aliphatic carbocycles. The molecule has 0 saturated carbocycles. The number of carbonyl (C=O) groups is 3. The molecule has 0 bridgehead atoms. The number of ether oxygens (including phenoxy) is 2.